The molecule has 0 atom stereocenters. The monoisotopic (exact) mass is 403 g/mol. The van der Waals surface area contributed by atoms with E-state index in [4.69, 9.17) is 0 Å². The maximum atomic E-state index is 12.8. The van der Waals surface area contributed by atoms with Gasteiger partial charge in [0.25, 0.3) is 5.91 Å². The van der Waals surface area contributed by atoms with Crippen LogP contribution in [0.1, 0.15) is 15.9 Å². The zero-order valence-electron chi connectivity index (χ0n) is 15.7. The van der Waals surface area contributed by atoms with E-state index < -0.39 is 0 Å². The maximum absolute atomic E-state index is 12.8. The molecule has 2 N–H and O–H groups in total. The van der Waals surface area contributed by atoms with Crippen LogP contribution in [0.5, 0.6) is 0 Å². The first-order valence-electron chi connectivity index (χ1n) is 8.57. The number of carbonyl (C=O) groups excluding carboxylic acids is 3. The molecule has 6 nitrogen and oxygen atoms in total. The molecule has 0 aliphatic heterocycles. The van der Waals surface area contributed by atoms with E-state index in [2.05, 4.69) is 10.6 Å². The normalized spacial score (nSPS) is 10.2. The molecule has 2 aromatic rings. The molecule has 0 aromatic heterocycles. The van der Waals surface area contributed by atoms with Gasteiger partial charge in [0, 0.05) is 31.9 Å². The summed E-state index contributed by atoms with van der Waals surface area (Å²) in [4.78, 5) is 37.2. The molecule has 0 spiro atoms. The molecule has 0 aliphatic carbocycles. The highest BCUT2D eigenvalue weighted by Gasteiger charge is 2.12. The molecule has 3 amide bonds. The SMILES string of the molecule is CNC(=O)c1ccc(CN(C)C(=O)CSCC(=O)Nc2ccc(F)cc2)cc1. The molecular weight excluding hydrogens is 381 g/mol. The van der Waals surface area contributed by atoms with E-state index in [-0.39, 0.29) is 35.0 Å². The van der Waals surface area contributed by atoms with Gasteiger partial charge in [0.15, 0.2) is 0 Å². The van der Waals surface area contributed by atoms with Gasteiger partial charge >= 0.3 is 0 Å². The lowest BCUT2D eigenvalue weighted by molar-refractivity contribution is -0.127. The summed E-state index contributed by atoms with van der Waals surface area (Å²) in [6, 6.07) is 12.5. The highest BCUT2D eigenvalue weighted by Crippen LogP contribution is 2.11. The van der Waals surface area contributed by atoms with E-state index in [1.165, 1.54) is 36.0 Å². The predicted molar refractivity (Wildman–Crippen MR) is 109 cm³/mol. The Kier molecular flexibility index (Phi) is 8.01. The second-order valence-corrected chi connectivity index (χ2v) is 7.06. The van der Waals surface area contributed by atoms with Crippen LogP contribution in [0, 0.1) is 5.82 Å². The first kappa shape index (κ1) is 21.4. The van der Waals surface area contributed by atoms with E-state index in [1.807, 2.05) is 0 Å². The second-order valence-electron chi connectivity index (χ2n) is 6.07. The zero-order chi connectivity index (χ0) is 20.5. The number of hydrogen-bond donors (Lipinski definition) is 2. The number of hydrogen-bond acceptors (Lipinski definition) is 4. The van der Waals surface area contributed by atoms with E-state index in [0.717, 1.165) is 5.56 Å². The number of carbonyl (C=O) groups is 3. The minimum absolute atomic E-state index is 0.102. The molecule has 0 aliphatic rings. The summed E-state index contributed by atoms with van der Waals surface area (Å²) in [5.74, 6) is -0.594. The summed E-state index contributed by atoms with van der Waals surface area (Å²) in [7, 11) is 3.26. The van der Waals surface area contributed by atoms with Crippen LogP contribution in [-0.2, 0) is 16.1 Å². The fourth-order valence-electron chi connectivity index (χ4n) is 2.34. The van der Waals surface area contributed by atoms with E-state index >= 15 is 0 Å². The minimum Gasteiger partial charge on any atom is -0.355 e. The first-order valence-corrected chi connectivity index (χ1v) is 9.72. The predicted octanol–water partition coefficient (Wildman–Crippen LogP) is 2.52. The molecule has 0 saturated carbocycles. The first-order chi connectivity index (χ1) is 13.4. The Labute approximate surface area is 167 Å². The summed E-state index contributed by atoms with van der Waals surface area (Å²) in [6.07, 6.45) is 0. The Hall–Kier alpha value is -2.87. The summed E-state index contributed by atoms with van der Waals surface area (Å²) < 4.78 is 12.8. The minimum atomic E-state index is -0.371. The molecule has 0 bridgehead atoms. The van der Waals surface area contributed by atoms with Gasteiger partial charge < -0.3 is 15.5 Å². The topological polar surface area (TPSA) is 78.5 Å². The Morgan fingerprint density at radius 1 is 1.00 bits per heavy atom. The van der Waals surface area contributed by atoms with Crippen LogP contribution in [0.4, 0.5) is 10.1 Å². The van der Waals surface area contributed by atoms with Gasteiger partial charge in [0.2, 0.25) is 11.8 Å². The number of amides is 3. The van der Waals surface area contributed by atoms with Crippen molar-refractivity contribution in [3.63, 3.8) is 0 Å². The molecule has 0 heterocycles. The van der Waals surface area contributed by atoms with E-state index in [9.17, 15) is 18.8 Å². The Morgan fingerprint density at radius 2 is 1.64 bits per heavy atom. The number of nitrogens with one attached hydrogen (secondary N) is 2. The van der Waals surface area contributed by atoms with Crippen molar-refractivity contribution in [1.29, 1.82) is 0 Å². The zero-order valence-corrected chi connectivity index (χ0v) is 16.5. The van der Waals surface area contributed by atoms with Crippen LogP contribution < -0.4 is 10.6 Å². The average molecular weight is 403 g/mol. The number of rotatable bonds is 8. The molecule has 0 radical (unpaired) electrons. The Bertz CT molecular complexity index is 826. The number of benzene rings is 2. The number of nitrogens with zero attached hydrogens (tertiary/aromatic N) is 1. The highest BCUT2D eigenvalue weighted by molar-refractivity contribution is 8.00. The van der Waals surface area contributed by atoms with Gasteiger partial charge in [-0.25, -0.2) is 4.39 Å². The van der Waals surface area contributed by atoms with Gasteiger partial charge in [0.05, 0.1) is 11.5 Å². The van der Waals surface area contributed by atoms with Crippen molar-refractivity contribution in [2.45, 2.75) is 6.54 Å². The summed E-state index contributed by atoms with van der Waals surface area (Å²) in [5, 5.41) is 5.20. The van der Waals surface area contributed by atoms with Crippen molar-refractivity contribution in [2.75, 3.05) is 30.9 Å². The molecular formula is C20H22FN3O3S. The number of halogens is 1. The van der Waals surface area contributed by atoms with Crippen LogP contribution in [0.15, 0.2) is 48.5 Å². The Morgan fingerprint density at radius 3 is 2.25 bits per heavy atom. The highest BCUT2D eigenvalue weighted by atomic mass is 32.2. The van der Waals surface area contributed by atoms with Gasteiger partial charge in [-0.15, -0.1) is 11.8 Å². The van der Waals surface area contributed by atoms with Crippen molar-refractivity contribution in [3.05, 3.63) is 65.5 Å². The number of anilines is 1. The van der Waals surface area contributed by atoms with Gasteiger partial charge in [-0.2, -0.15) is 0 Å². The lowest BCUT2D eigenvalue weighted by Crippen LogP contribution is -2.28. The van der Waals surface area contributed by atoms with Gasteiger partial charge in [-0.3, -0.25) is 14.4 Å². The largest absolute Gasteiger partial charge is 0.355 e. The lowest BCUT2D eigenvalue weighted by Gasteiger charge is -2.17. The summed E-state index contributed by atoms with van der Waals surface area (Å²) in [5.41, 5.74) is 1.97. The van der Waals surface area contributed by atoms with Crippen LogP contribution in [0.3, 0.4) is 0 Å². The quantitative estimate of drug-likeness (QED) is 0.710. The third kappa shape index (κ3) is 6.70. The molecule has 2 rings (SSSR count). The van der Waals surface area contributed by atoms with Gasteiger partial charge in [0.1, 0.15) is 5.82 Å². The smallest absolute Gasteiger partial charge is 0.251 e. The summed E-state index contributed by atoms with van der Waals surface area (Å²) >= 11 is 1.21. The number of thioether (sulfide) groups is 1. The fourth-order valence-corrected chi connectivity index (χ4v) is 3.09. The molecule has 0 saturated heterocycles. The molecule has 0 fully saturated rings. The molecule has 0 unspecified atom stereocenters. The van der Waals surface area contributed by atoms with Gasteiger partial charge in [-0.1, -0.05) is 12.1 Å². The molecule has 8 heteroatoms. The van der Waals surface area contributed by atoms with E-state index in [1.54, 1.807) is 43.3 Å². The van der Waals surface area contributed by atoms with Crippen molar-refractivity contribution in [1.82, 2.24) is 10.2 Å². The Balaban J connectivity index is 1.73. The molecule has 28 heavy (non-hydrogen) atoms. The molecule has 2 aromatic carbocycles. The van der Waals surface area contributed by atoms with Crippen molar-refractivity contribution < 1.29 is 18.8 Å². The fraction of sp³-hybridized carbons (Fsp3) is 0.250. The lowest BCUT2D eigenvalue weighted by atomic mass is 10.1. The average Bonchev–Trinajstić information content (AvgIpc) is 2.69. The van der Waals surface area contributed by atoms with Crippen LogP contribution in [0.25, 0.3) is 0 Å². The maximum Gasteiger partial charge on any atom is 0.251 e. The third-order valence-electron chi connectivity index (χ3n) is 3.88. The second kappa shape index (κ2) is 10.5. The van der Waals surface area contributed by atoms with Crippen LogP contribution >= 0.6 is 11.8 Å². The van der Waals surface area contributed by atoms with Crippen molar-refractivity contribution >= 4 is 35.2 Å². The third-order valence-corrected chi connectivity index (χ3v) is 4.79. The van der Waals surface area contributed by atoms with Crippen molar-refractivity contribution in [2.24, 2.45) is 0 Å². The van der Waals surface area contributed by atoms with Gasteiger partial charge in [-0.05, 0) is 42.0 Å². The standard InChI is InChI=1S/C20H22FN3O3S/c1-22-20(27)15-5-3-14(4-6-15)11-24(2)19(26)13-28-12-18(25)23-17-9-7-16(21)8-10-17/h3-10H,11-13H2,1-2H3,(H,22,27)(H,23,25). The molecule has 148 valence electrons. The summed E-state index contributed by atoms with van der Waals surface area (Å²) in [6.45, 7) is 0.412. The van der Waals surface area contributed by atoms with Crippen molar-refractivity contribution in [3.8, 4) is 0 Å². The van der Waals surface area contributed by atoms with Crippen LogP contribution in [0.2, 0.25) is 0 Å². The van der Waals surface area contributed by atoms with E-state index in [0.29, 0.717) is 17.8 Å². The van der Waals surface area contributed by atoms with Crippen LogP contribution in [-0.4, -0.2) is 48.2 Å².